The van der Waals surface area contributed by atoms with Crippen molar-refractivity contribution in [1.29, 1.82) is 0 Å². The Labute approximate surface area is 171 Å². The third kappa shape index (κ3) is 4.73. The van der Waals surface area contributed by atoms with Crippen LogP contribution >= 0.6 is 11.3 Å². The lowest BCUT2D eigenvalue weighted by atomic mass is 10.0. The molecular formula is C22H29N3O2S. The monoisotopic (exact) mass is 399 g/mol. The molecule has 1 aliphatic heterocycles. The first-order chi connectivity index (χ1) is 13.5. The molecule has 0 aliphatic carbocycles. The van der Waals surface area contributed by atoms with Crippen LogP contribution < -0.4 is 10.2 Å². The van der Waals surface area contributed by atoms with Gasteiger partial charge >= 0.3 is 0 Å². The molecule has 2 heterocycles. The molecule has 0 spiro atoms. The zero-order chi connectivity index (χ0) is 20.1. The zero-order valence-corrected chi connectivity index (χ0v) is 17.7. The maximum atomic E-state index is 13.1. The van der Waals surface area contributed by atoms with E-state index >= 15 is 0 Å². The van der Waals surface area contributed by atoms with E-state index in [-0.39, 0.29) is 17.7 Å². The number of nitrogens with one attached hydrogen (secondary N) is 1. The Morgan fingerprint density at radius 3 is 2.50 bits per heavy atom. The van der Waals surface area contributed by atoms with Crippen LogP contribution in [0.5, 0.6) is 0 Å². The topological polar surface area (TPSA) is 52.7 Å². The van der Waals surface area contributed by atoms with E-state index in [2.05, 4.69) is 28.4 Å². The summed E-state index contributed by atoms with van der Waals surface area (Å²) in [6.45, 7) is 6.59. The standard InChI is InChI=1S/C22H29N3O2S/c1-16(2)20(23-21(26)19-11-8-14-28-19)22(27)24(3)15-17-9-4-5-10-18(17)25-12-6-7-13-25/h4-5,8-11,14,16,20H,6-7,12-13,15H2,1-3H3,(H,23,26). The van der Waals surface area contributed by atoms with Crippen LogP contribution in [-0.2, 0) is 11.3 Å². The van der Waals surface area contributed by atoms with Gasteiger partial charge in [-0.05, 0) is 41.8 Å². The fraction of sp³-hybridized carbons (Fsp3) is 0.455. The minimum Gasteiger partial charge on any atom is -0.371 e. The number of nitrogens with zero attached hydrogens (tertiary/aromatic N) is 2. The van der Waals surface area contributed by atoms with Gasteiger partial charge in [0.05, 0.1) is 4.88 Å². The number of benzene rings is 1. The van der Waals surface area contributed by atoms with Crippen LogP contribution in [0.2, 0.25) is 0 Å². The van der Waals surface area contributed by atoms with Gasteiger partial charge in [-0.3, -0.25) is 9.59 Å². The number of para-hydroxylation sites is 1. The highest BCUT2D eigenvalue weighted by atomic mass is 32.1. The maximum Gasteiger partial charge on any atom is 0.262 e. The number of likely N-dealkylation sites (N-methyl/N-ethyl adjacent to an activating group) is 1. The molecule has 150 valence electrons. The molecule has 1 fully saturated rings. The Balaban J connectivity index is 1.71. The van der Waals surface area contributed by atoms with Crippen molar-refractivity contribution >= 4 is 28.8 Å². The van der Waals surface area contributed by atoms with Gasteiger partial charge in [-0.25, -0.2) is 0 Å². The molecular weight excluding hydrogens is 370 g/mol. The molecule has 5 nitrogen and oxygen atoms in total. The van der Waals surface area contributed by atoms with Gasteiger partial charge in [0.25, 0.3) is 5.91 Å². The van der Waals surface area contributed by atoms with Crippen molar-refractivity contribution in [3.05, 3.63) is 52.2 Å². The molecule has 0 radical (unpaired) electrons. The number of hydrogen-bond acceptors (Lipinski definition) is 4. The fourth-order valence-corrected chi connectivity index (χ4v) is 4.24. The van der Waals surface area contributed by atoms with E-state index in [1.807, 2.05) is 38.4 Å². The molecule has 3 rings (SSSR count). The number of amides is 2. The van der Waals surface area contributed by atoms with E-state index in [0.29, 0.717) is 11.4 Å². The van der Waals surface area contributed by atoms with Crippen molar-refractivity contribution in [2.24, 2.45) is 5.92 Å². The molecule has 0 saturated carbocycles. The van der Waals surface area contributed by atoms with Crippen molar-refractivity contribution in [1.82, 2.24) is 10.2 Å². The van der Waals surface area contributed by atoms with Gasteiger partial charge in [-0.1, -0.05) is 38.1 Å². The van der Waals surface area contributed by atoms with Crippen LogP contribution in [0.4, 0.5) is 5.69 Å². The lowest BCUT2D eigenvalue weighted by molar-refractivity contribution is -0.133. The molecule has 1 aromatic carbocycles. The van der Waals surface area contributed by atoms with Gasteiger partial charge in [-0.15, -0.1) is 11.3 Å². The zero-order valence-electron chi connectivity index (χ0n) is 16.9. The van der Waals surface area contributed by atoms with Crippen molar-refractivity contribution in [3.63, 3.8) is 0 Å². The Morgan fingerprint density at radius 1 is 1.14 bits per heavy atom. The van der Waals surface area contributed by atoms with Crippen molar-refractivity contribution in [3.8, 4) is 0 Å². The molecule has 2 aromatic rings. The summed E-state index contributed by atoms with van der Waals surface area (Å²) in [4.78, 5) is 30.3. The predicted molar refractivity (Wildman–Crippen MR) is 115 cm³/mol. The molecule has 1 unspecified atom stereocenters. The van der Waals surface area contributed by atoms with Crippen molar-refractivity contribution < 1.29 is 9.59 Å². The van der Waals surface area contributed by atoms with E-state index in [4.69, 9.17) is 0 Å². The first-order valence-electron chi connectivity index (χ1n) is 9.89. The Kier molecular flexibility index (Phi) is 6.73. The lowest BCUT2D eigenvalue weighted by Crippen LogP contribution is -2.49. The minimum atomic E-state index is -0.543. The van der Waals surface area contributed by atoms with E-state index in [0.717, 1.165) is 18.7 Å². The van der Waals surface area contributed by atoms with Crippen LogP contribution in [0.1, 0.15) is 41.9 Å². The first-order valence-corrected chi connectivity index (χ1v) is 10.8. The Morgan fingerprint density at radius 2 is 1.86 bits per heavy atom. The van der Waals surface area contributed by atoms with E-state index in [1.54, 1.807) is 11.0 Å². The molecule has 2 amide bonds. The Bertz CT molecular complexity index is 798. The van der Waals surface area contributed by atoms with Crippen LogP contribution in [0.15, 0.2) is 41.8 Å². The van der Waals surface area contributed by atoms with Gasteiger partial charge in [0.2, 0.25) is 5.91 Å². The summed E-state index contributed by atoms with van der Waals surface area (Å²) in [6, 6.07) is 11.4. The number of carbonyl (C=O) groups excluding carboxylic acids is 2. The maximum absolute atomic E-state index is 13.1. The number of thiophene rings is 1. The summed E-state index contributed by atoms with van der Waals surface area (Å²) in [7, 11) is 1.82. The third-order valence-corrected chi connectivity index (χ3v) is 6.06. The van der Waals surface area contributed by atoms with Crippen LogP contribution in [0, 0.1) is 5.92 Å². The molecule has 0 bridgehead atoms. The van der Waals surface area contributed by atoms with Crippen LogP contribution in [0.3, 0.4) is 0 Å². The highest BCUT2D eigenvalue weighted by Gasteiger charge is 2.28. The molecule has 1 atom stereocenters. The van der Waals surface area contributed by atoms with Gasteiger partial charge in [0, 0.05) is 32.4 Å². The van der Waals surface area contributed by atoms with E-state index in [9.17, 15) is 9.59 Å². The summed E-state index contributed by atoms with van der Waals surface area (Å²) >= 11 is 1.38. The smallest absolute Gasteiger partial charge is 0.262 e. The average Bonchev–Trinajstić information content (AvgIpc) is 3.39. The third-order valence-electron chi connectivity index (χ3n) is 5.19. The van der Waals surface area contributed by atoms with Gasteiger partial charge in [0.15, 0.2) is 0 Å². The summed E-state index contributed by atoms with van der Waals surface area (Å²) in [5, 5.41) is 4.79. The summed E-state index contributed by atoms with van der Waals surface area (Å²) in [6.07, 6.45) is 2.43. The van der Waals surface area contributed by atoms with Crippen molar-refractivity contribution in [2.75, 3.05) is 25.0 Å². The largest absolute Gasteiger partial charge is 0.371 e. The average molecular weight is 400 g/mol. The number of hydrogen-bond donors (Lipinski definition) is 1. The molecule has 1 aromatic heterocycles. The second kappa shape index (κ2) is 9.24. The molecule has 1 aliphatic rings. The first kappa shape index (κ1) is 20.4. The quantitative estimate of drug-likeness (QED) is 0.771. The summed E-state index contributed by atoms with van der Waals surface area (Å²) < 4.78 is 0. The number of anilines is 1. The summed E-state index contributed by atoms with van der Waals surface area (Å²) in [5.74, 6) is -0.239. The van der Waals surface area contributed by atoms with Crippen LogP contribution in [0.25, 0.3) is 0 Å². The van der Waals surface area contributed by atoms with Gasteiger partial charge < -0.3 is 15.1 Å². The van der Waals surface area contributed by atoms with Gasteiger partial charge in [0.1, 0.15) is 6.04 Å². The molecule has 28 heavy (non-hydrogen) atoms. The minimum absolute atomic E-state index is 0.00712. The lowest BCUT2D eigenvalue weighted by Gasteiger charge is -2.29. The SMILES string of the molecule is CC(C)C(NC(=O)c1cccs1)C(=O)N(C)Cc1ccccc1N1CCCC1. The van der Waals surface area contributed by atoms with Crippen LogP contribution in [-0.4, -0.2) is 42.9 Å². The second-order valence-electron chi connectivity index (χ2n) is 7.69. The normalized spacial score (nSPS) is 14.9. The summed E-state index contributed by atoms with van der Waals surface area (Å²) in [5.41, 5.74) is 2.36. The second-order valence-corrected chi connectivity index (χ2v) is 8.64. The van der Waals surface area contributed by atoms with E-state index in [1.165, 1.54) is 29.9 Å². The number of carbonyl (C=O) groups is 2. The fourth-order valence-electron chi connectivity index (χ4n) is 3.62. The molecule has 1 N–H and O–H groups in total. The predicted octanol–water partition coefficient (Wildman–Crippen LogP) is 3.76. The van der Waals surface area contributed by atoms with Gasteiger partial charge in [-0.2, -0.15) is 0 Å². The highest BCUT2D eigenvalue weighted by Crippen LogP contribution is 2.25. The highest BCUT2D eigenvalue weighted by molar-refractivity contribution is 7.12. The molecule has 1 saturated heterocycles. The van der Waals surface area contributed by atoms with Crippen molar-refractivity contribution in [2.45, 2.75) is 39.3 Å². The molecule has 6 heteroatoms. The van der Waals surface area contributed by atoms with E-state index < -0.39 is 6.04 Å². The Hall–Kier alpha value is -2.34. The number of rotatable bonds is 7.